The molecule has 0 aromatic heterocycles. The van der Waals surface area contributed by atoms with E-state index in [9.17, 15) is 14.4 Å². The first-order valence-electron chi connectivity index (χ1n) is 9.99. The molecule has 0 radical (unpaired) electrons. The third kappa shape index (κ3) is 7.61. The molecule has 3 rings (SSSR count). The first-order valence-corrected chi connectivity index (χ1v) is 10.7. The van der Waals surface area contributed by atoms with E-state index in [1.165, 1.54) is 12.3 Å². The fourth-order valence-corrected chi connectivity index (χ4v) is 3.01. The van der Waals surface area contributed by atoms with Crippen LogP contribution in [0.2, 0.25) is 10.0 Å². The fourth-order valence-electron chi connectivity index (χ4n) is 2.64. The summed E-state index contributed by atoms with van der Waals surface area (Å²) in [5.41, 5.74) is 4.67. The highest BCUT2D eigenvalue weighted by Crippen LogP contribution is 2.20. The largest absolute Gasteiger partial charge is 0.484 e. The van der Waals surface area contributed by atoms with Crippen LogP contribution in [0.5, 0.6) is 5.75 Å². The second kappa shape index (κ2) is 11.8. The van der Waals surface area contributed by atoms with E-state index < -0.39 is 11.8 Å². The number of benzene rings is 3. The number of hydrogen-bond donors (Lipinski definition) is 3. The maximum Gasteiger partial charge on any atom is 0.329 e. The van der Waals surface area contributed by atoms with Crippen LogP contribution in [0.3, 0.4) is 0 Å². The molecular weight excluding hydrogens is 479 g/mol. The molecule has 0 aliphatic carbocycles. The van der Waals surface area contributed by atoms with Gasteiger partial charge in [0.15, 0.2) is 6.61 Å². The van der Waals surface area contributed by atoms with Crippen molar-refractivity contribution in [1.82, 2.24) is 5.43 Å². The Hall–Kier alpha value is -3.88. The van der Waals surface area contributed by atoms with Crippen LogP contribution in [0.15, 0.2) is 71.8 Å². The summed E-state index contributed by atoms with van der Waals surface area (Å²) in [6, 6.07) is 18.3. The standard InChI is InChI=1S/C24H20Cl2N4O4/c1-15-5-8-19(12-21(15)26)28-22(31)14-34-20-9-6-16(7-10-20)13-27-30-24(33)23(32)29-18-4-2-3-17(25)11-18/h2-13H,14H2,1H3,(H,28,31)(H,29,32)(H,30,33)/b27-13-. The minimum absolute atomic E-state index is 0.184. The van der Waals surface area contributed by atoms with Crippen molar-refractivity contribution in [2.75, 3.05) is 17.2 Å². The minimum atomic E-state index is -0.933. The second-order valence-corrected chi connectivity index (χ2v) is 7.88. The minimum Gasteiger partial charge on any atom is -0.484 e. The number of amides is 3. The number of hydrazone groups is 1. The zero-order valence-electron chi connectivity index (χ0n) is 18.0. The van der Waals surface area contributed by atoms with Gasteiger partial charge in [-0.1, -0.05) is 35.3 Å². The molecule has 3 amide bonds. The average Bonchev–Trinajstić information content (AvgIpc) is 2.81. The lowest BCUT2D eigenvalue weighted by Crippen LogP contribution is -2.32. The number of anilines is 2. The Balaban J connectivity index is 1.43. The van der Waals surface area contributed by atoms with E-state index in [4.69, 9.17) is 27.9 Å². The zero-order chi connectivity index (χ0) is 24.5. The lowest BCUT2D eigenvalue weighted by atomic mass is 10.2. The van der Waals surface area contributed by atoms with Crippen LogP contribution in [0.4, 0.5) is 11.4 Å². The summed E-state index contributed by atoms with van der Waals surface area (Å²) >= 11 is 11.9. The van der Waals surface area contributed by atoms with Crippen LogP contribution in [0, 0.1) is 6.92 Å². The SMILES string of the molecule is Cc1ccc(NC(=O)COc2ccc(/C=N\NC(=O)C(=O)Nc3cccc(Cl)c3)cc2)cc1Cl. The molecule has 3 N–H and O–H groups in total. The van der Waals surface area contributed by atoms with E-state index in [1.54, 1.807) is 54.6 Å². The van der Waals surface area contributed by atoms with Crippen molar-refractivity contribution in [3.63, 3.8) is 0 Å². The third-order valence-electron chi connectivity index (χ3n) is 4.37. The molecule has 0 spiro atoms. The molecule has 0 aliphatic heterocycles. The monoisotopic (exact) mass is 498 g/mol. The van der Waals surface area contributed by atoms with Gasteiger partial charge in [0.25, 0.3) is 5.91 Å². The number of rotatable bonds is 7. The van der Waals surface area contributed by atoms with E-state index in [0.717, 1.165) is 5.56 Å². The Morgan fingerprint density at radius 1 is 0.912 bits per heavy atom. The number of halogens is 2. The second-order valence-electron chi connectivity index (χ2n) is 7.03. The molecule has 0 saturated carbocycles. The normalized spacial score (nSPS) is 10.6. The molecule has 0 saturated heterocycles. The quantitative estimate of drug-likeness (QED) is 0.254. The zero-order valence-corrected chi connectivity index (χ0v) is 19.5. The maximum absolute atomic E-state index is 12.1. The maximum atomic E-state index is 12.1. The molecule has 0 fully saturated rings. The molecule has 3 aromatic carbocycles. The Kier molecular flexibility index (Phi) is 8.61. The van der Waals surface area contributed by atoms with Crippen LogP contribution < -0.4 is 20.8 Å². The summed E-state index contributed by atoms with van der Waals surface area (Å²) in [6.07, 6.45) is 1.36. The Labute approximate surface area is 205 Å². The van der Waals surface area contributed by atoms with Crippen LogP contribution in [0.25, 0.3) is 0 Å². The van der Waals surface area contributed by atoms with Gasteiger partial charge in [-0.25, -0.2) is 5.43 Å². The van der Waals surface area contributed by atoms with Crippen molar-refractivity contribution < 1.29 is 19.1 Å². The van der Waals surface area contributed by atoms with Gasteiger partial charge in [-0.05, 0) is 72.6 Å². The van der Waals surface area contributed by atoms with Gasteiger partial charge >= 0.3 is 11.8 Å². The van der Waals surface area contributed by atoms with Crippen LogP contribution in [0.1, 0.15) is 11.1 Å². The molecule has 34 heavy (non-hydrogen) atoms. The van der Waals surface area contributed by atoms with E-state index >= 15 is 0 Å². The molecule has 8 nitrogen and oxygen atoms in total. The predicted octanol–water partition coefficient (Wildman–Crippen LogP) is 4.41. The molecule has 0 heterocycles. The molecule has 0 unspecified atom stereocenters. The van der Waals surface area contributed by atoms with Gasteiger partial charge in [0.05, 0.1) is 6.21 Å². The van der Waals surface area contributed by atoms with Crippen molar-refractivity contribution in [2.45, 2.75) is 6.92 Å². The Bertz CT molecular complexity index is 1230. The summed E-state index contributed by atoms with van der Waals surface area (Å²) in [5.74, 6) is -1.67. The summed E-state index contributed by atoms with van der Waals surface area (Å²) in [4.78, 5) is 35.8. The molecule has 174 valence electrons. The van der Waals surface area contributed by atoms with Gasteiger partial charge < -0.3 is 15.4 Å². The van der Waals surface area contributed by atoms with Crippen molar-refractivity contribution in [3.05, 3.63) is 87.9 Å². The number of hydrogen-bond acceptors (Lipinski definition) is 5. The van der Waals surface area contributed by atoms with Crippen molar-refractivity contribution in [2.24, 2.45) is 5.10 Å². The van der Waals surface area contributed by atoms with Crippen LogP contribution in [-0.2, 0) is 14.4 Å². The van der Waals surface area contributed by atoms with E-state index in [2.05, 4.69) is 21.2 Å². The molecule has 3 aromatic rings. The van der Waals surface area contributed by atoms with E-state index in [1.807, 2.05) is 13.0 Å². The highest BCUT2D eigenvalue weighted by molar-refractivity contribution is 6.39. The molecular formula is C24H20Cl2N4O4. The van der Waals surface area contributed by atoms with E-state index in [-0.39, 0.29) is 12.5 Å². The fraction of sp³-hybridized carbons (Fsp3) is 0.0833. The Morgan fingerprint density at radius 3 is 2.35 bits per heavy atom. The smallest absolute Gasteiger partial charge is 0.329 e. The molecule has 0 aliphatic rings. The topological polar surface area (TPSA) is 109 Å². The van der Waals surface area contributed by atoms with Gasteiger partial charge in [0.2, 0.25) is 0 Å². The van der Waals surface area contributed by atoms with Crippen molar-refractivity contribution >= 4 is 58.5 Å². The highest BCUT2D eigenvalue weighted by atomic mass is 35.5. The highest BCUT2D eigenvalue weighted by Gasteiger charge is 2.13. The Morgan fingerprint density at radius 2 is 1.65 bits per heavy atom. The van der Waals surface area contributed by atoms with Crippen LogP contribution in [-0.4, -0.2) is 30.5 Å². The first kappa shape index (κ1) is 24.8. The van der Waals surface area contributed by atoms with Crippen LogP contribution >= 0.6 is 23.2 Å². The van der Waals surface area contributed by atoms with Crippen molar-refractivity contribution in [1.29, 1.82) is 0 Å². The van der Waals surface area contributed by atoms with Crippen molar-refractivity contribution in [3.8, 4) is 5.75 Å². The van der Waals surface area contributed by atoms with Gasteiger partial charge in [0.1, 0.15) is 5.75 Å². The summed E-state index contributed by atoms with van der Waals surface area (Å²) in [5, 5.41) is 9.88. The summed E-state index contributed by atoms with van der Waals surface area (Å²) in [7, 11) is 0. The van der Waals surface area contributed by atoms with Gasteiger partial charge in [-0.2, -0.15) is 5.10 Å². The number of nitrogens with zero attached hydrogens (tertiary/aromatic N) is 1. The number of ether oxygens (including phenoxy) is 1. The van der Waals surface area contributed by atoms with E-state index in [0.29, 0.717) is 32.7 Å². The number of nitrogens with one attached hydrogen (secondary N) is 3. The summed E-state index contributed by atoms with van der Waals surface area (Å²) < 4.78 is 5.47. The number of carbonyl (C=O) groups excluding carboxylic acids is 3. The molecule has 0 bridgehead atoms. The van der Waals surface area contributed by atoms with Gasteiger partial charge in [-0.3, -0.25) is 14.4 Å². The molecule has 0 atom stereocenters. The predicted molar refractivity (Wildman–Crippen MR) is 133 cm³/mol. The first-order chi connectivity index (χ1) is 16.3. The van der Waals surface area contributed by atoms with Gasteiger partial charge in [0, 0.05) is 21.4 Å². The lowest BCUT2D eigenvalue weighted by Gasteiger charge is -2.08. The van der Waals surface area contributed by atoms with Gasteiger partial charge in [-0.15, -0.1) is 0 Å². The number of carbonyl (C=O) groups is 3. The third-order valence-corrected chi connectivity index (χ3v) is 5.02. The average molecular weight is 499 g/mol. The summed E-state index contributed by atoms with van der Waals surface area (Å²) in [6.45, 7) is 1.69. The number of aryl methyl sites for hydroxylation is 1. The molecule has 10 heteroatoms. The lowest BCUT2D eigenvalue weighted by molar-refractivity contribution is -0.136.